The third kappa shape index (κ3) is 3.72. The van der Waals surface area contributed by atoms with Gasteiger partial charge in [0.05, 0.1) is 17.9 Å². The molecule has 1 aliphatic rings. The van der Waals surface area contributed by atoms with Gasteiger partial charge >= 0.3 is 12.0 Å². The van der Waals surface area contributed by atoms with Crippen LogP contribution in [-0.4, -0.2) is 46.3 Å². The van der Waals surface area contributed by atoms with E-state index in [1.807, 2.05) is 0 Å². The SMILES string of the molecule is O=C(O)c1ccccc1NC(=O)N(CCO)C1CCCC1. The second kappa shape index (κ2) is 7.08. The number of aliphatic hydroxyl groups is 1. The monoisotopic (exact) mass is 292 g/mol. The van der Waals surface area contributed by atoms with Gasteiger partial charge in [0.15, 0.2) is 0 Å². The third-order valence-electron chi connectivity index (χ3n) is 3.77. The van der Waals surface area contributed by atoms with Crippen molar-refractivity contribution < 1.29 is 19.8 Å². The number of anilines is 1. The summed E-state index contributed by atoms with van der Waals surface area (Å²) in [5, 5.41) is 20.9. The number of aliphatic hydroxyl groups excluding tert-OH is 1. The van der Waals surface area contributed by atoms with Gasteiger partial charge in [-0.2, -0.15) is 0 Å². The van der Waals surface area contributed by atoms with Crippen LogP contribution in [0.15, 0.2) is 24.3 Å². The lowest BCUT2D eigenvalue weighted by molar-refractivity contribution is 0.0698. The van der Waals surface area contributed by atoms with Gasteiger partial charge in [-0.15, -0.1) is 0 Å². The minimum atomic E-state index is -1.08. The largest absolute Gasteiger partial charge is 0.478 e. The molecule has 1 fully saturated rings. The Kier molecular flexibility index (Phi) is 5.16. The highest BCUT2D eigenvalue weighted by molar-refractivity contribution is 6.00. The number of para-hydroxylation sites is 1. The molecule has 0 unspecified atom stereocenters. The average molecular weight is 292 g/mol. The van der Waals surface area contributed by atoms with E-state index >= 15 is 0 Å². The molecule has 0 aliphatic heterocycles. The van der Waals surface area contributed by atoms with Gasteiger partial charge in [0, 0.05) is 12.6 Å². The number of carboxylic acid groups (broad SMARTS) is 1. The number of nitrogens with one attached hydrogen (secondary N) is 1. The number of aromatic carboxylic acids is 1. The molecule has 0 radical (unpaired) electrons. The van der Waals surface area contributed by atoms with Gasteiger partial charge in [-0.3, -0.25) is 0 Å². The summed E-state index contributed by atoms with van der Waals surface area (Å²) in [5.41, 5.74) is 0.331. The van der Waals surface area contributed by atoms with Crippen molar-refractivity contribution in [2.45, 2.75) is 31.7 Å². The molecule has 0 bridgehead atoms. The molecule has 0 saturated heterocycles. The Labute approximate surface area is 123 Å². The molecule has 0 spiro atoms. The summed E-state index contributed by atoms with van der Waals surface area (Å²) in [5.74, 6) is -1.08. The maximum Gasteiger partial charge on any atom is 0.337 e. The van der Waals surface area contributed by atoms with Crippen molar-refractivity contribution in [2.75, 3.05) is 18.5 Å². The normalized spacial score (nSPS) is 14.9. The molecule has 2 rings (SSSR count). The van der Waals surface area contributed by atoms with Crippen molar-refractivity contribution in [1.29, 1.82) is 0 Å². The minimum Gasteiger partial charge on any atom is -0.478 e. The van der Waals surface area contributed by atoms with Gasteiger partial charge in [0.2, 0.25) is 0 Å². The first-order chi connectivity index (χ1) is 10.1. The van der Waals surface area contributed by atoms with Crippen LogP contribution in [0.1, 0.15) is 36.0 Å². The van der Waals surface area contributed by atoms with Crippen LogP contribution in [0.3, 0.4) is 0 Å². The highest BCUT2D eigenvalue weighted by Crippen LogP contribution is 2.24. The fourth-order valence-electron chi connectivity index (χ4n) is 2.74. The van der Waals surface area contributed by atoms with Crippen LogP contribution < -0.4 is 5.32 Å². The summed E-state index contributed by atoms with van der Waals surface area (Å²) in [7, 11) is 0. The number of urea groups is 1. The van der Waals surface area contributed by atoms with Crippen LogP contribution in [0.25, 0.3) is 0 Å². The average Bonchev–Trinajstić information content (AvgIpc) is 2.98. The number of carbonyl (C=O) groups is 2. The highest BCUT2D eigenvalue weighted by Gasteiger charge is 2.26. The van der Waals surface area contributed by atoms with Crippen LogP contribution in [0.2, 0.25) is 0 Å². The number of nitrogens with zero attached hydrogens (tertiary/aromatic N) is 1. The van der Waals surface area contributed by atoms with Crippen molar-refractivity contribution in [1.82, 2.24) is 4.90 Å². The van der Waals surface area contributed by atoms with Gasteiger partial charge in [-0.1, -0.05) is 25.0 Å². The first kappa shape index (κ1) is 15.3. The quantitative estimate of drug-likeness (QED) is 0.775. The highest BCUT2D eigenvalue weighted by atomic mass is 16.4. The van der Waals surface area contributed by atoms with E-state index in [1.54, 1.807) is 23.1 Å². The molecule has 1 aliphatic carbocycles. The lowest BCUT2D eigenvalue weighted by Gasteiger charge is -2.28. The summed E-state index contributed by atoms with van der Waals surface area (Å²) >= 11 is 0. The Hall–Kier alpha value is -2.08. The van der Waals surface area contributed by atoms with Crippen LogP contribution in [0.4, 0.5) is 10.5 Å². The lowest BCUT2D eigenvalue weighted by atomic mass is 10.2. The van der Waals surface area contributed by atoms with Crippen LogP contribution in [0.5, 0.6) is 0 Å². The molecule has 1 saturated carbocycles. The van der Waals surface area contributed by atoms with Gasteiger partial charge in [-0.25, -0.2) is 9.59 Å². The minimum absolute atomic E-state index is 0.0567. The number of hydrogen-bond donors (Lipinski definition) is 3. The molecule has 6 heteroatoms. The Morgan fingerprint density at radius 1 is 1.24 bits per heavy atom. The van der Waals surface area contributed by atoms with Crippen LogP contribution in [0, 0.1) is 0 Å². The third-order valence-corrected chi connectivity index (χ3v) is 3.77. The topological polar surface area (TPSA) is 89.9 Å². The molecule has 2 amide bonds. The zero-order valence-electron chi connectivity index (χ0n) is 11.8. The van der Waals surface area contributed by atoms with E-state index in [0.29, 0.717) is 0 Å². The zero-order valence-corrected chi connectivity index (χ0v) is 11.8. The van der Waals surface area contributed by atoms with E-state index in [4.69, 9.17) is 10.2 Å². The van der Waals surface area contributed by atoms with E-state index in [-0.39, 0.29) is 36.5 Å². The Morgan fingerprint density at radius 3 is 2.52 bits per heavy atom. The molecule has 114 valence electrons. The maximum atomic E-state index is 12.4. The molecular weight excluding hydrogens is 272 g/mol. The van der Waals surface area contributed by atoms with Crippen molar-refractivity contribution in [3.63, 3.8) is 0 Å². The van der Waals surface area contributed by atoms with Gasteiger partial charge in [0.1, 0.15) is 0 Å². The number of hydrogen-bond acceptors (Lipinski definition) is 3. The number of amides is 2. The molecule has 21 heavy (non-hydrogen) atoms. The van der Waals surface area contributed by atoms with Crippen LogP contribution >= 0.6 is 0 Å². The summed E-state index contributed by atoms with van der Waals surface area (Å²) in [4.78, 5) is 25.1. The number of benzene rings is 1. The molecule has 3 N–H and O–H groups in total. The zero-order chi connectivity index (χ0) is 15.2. The molecular formula is C15H20N2O4. The van der Waals surface area contributed by atoms with Crippen LogP contribution in [-0.2, 0) is 0 Å². The predicted octanol–water partition coefficient (Wildman–Crippen LogP) is 2.15. The Balaban J connectivity index is 2.13. The van der Waals surface area contributed by atoms with Gasteiger partial charge in [0.25, 0.3) is 0 Å². The summed E-state index contributed by atoms with van der Waals surface area (Å²) < 4.78 is 0. The van der Waals surface area contributed by atoms with Gasteiger partial charge in [-0.05, 0) is 25.0 Å². The molecule has 0 heterocycles. The van der Waals surface area contributed by atoms with E-state index in [1.165, 1.54) is 6.07 Å². The fraction of sp³-hybridized carbons (Fsp3) is 0.467. The fourth-order valence-corrected chi connectivity index (χ4v) is 2.74. The number of rotatable bonds is 5. The summed E-state index contributed by atoms with van der Waals surface area (Å²) in [6.45, 7) is 0.149. The smallest absolute Gasteiger partial charge is 0.337 e. The predicted molar refractivity (Wildman–Crippen MR) is 78.5 cm³/mol. The van der Waals surface area contributed by atoms with Crippen molar-refractivity contribution >= 4 is 17.7 Å². The molecule has 0 aromatic heterocycles. The first-order valence-electron chi connectivity index (χ1n) is 7.14. The maximum absolute atomic E-state index is 12.4. The van der Waals surface area contributed by atoms with Crippen molar-refractivity contribution in [3.8, 4) is 0 Å². The number of carboxylic acids is 1. The summed E-state index contributed by atoms with van der Waals surface area (Å²) in [6.07, 6.45) is 4.00. The van der Waals surface area contributed by atoms with Gasteiger partial charge < -0.3 is 20.4 Å². The second-order valence-corrected chi connectivity index (χ2v) is 5.14. The van der Waals surface area contributed by atoms with E-state index in [0.717, 1.165) is 25.7 Å². The van der Waals surface area contributed by atoms with E-state index < -0.39 is 5.97 Å². The summed E-state index contributed by atoms with van der Waals surface area (Å²) in [6, 6.07) is 6.06. The van der Waals surface area contributed by atoms with Crippen molar-refractivity contribution in [2.24, 2.45) is 0 Å². The van der Waals surface area contributed by atoms with Crippen molar-refractivity contribution in [3.05, 3.63) is 29.8 Å². The first-order valence-corrected chi connectivity index (χ1v) is 7.14. The Morgan fingerprint density at radius 2 is 1.90 bits per heavy atom. The molecule has 1 aromatic rings. The Bertz CT molecular complexity index is 512. The molecule has 0 atom stereocenters. The molecule has 1 aromatic carbocycles. The standard InChI is InChI=1S/C15H20N2O4/c18-10-9-17(11-5-1-2-6-11)15(21)16-13-8-4-3-7-12(13)14(19)20/h3-4,7-8,11,18H,1-2,5-6,9-10H2,(H,16,21)(H,19,20). The lowest BCUT2D eigenvalue weighted by Crippen LogP contribution is -2.43. The van der Waals surface area contributed by atoms with E-state index in [2.05, 4.69) is 5.32 Å². The number of carbonyl (C=O) groups excluding carboxylic acids is 1. The second-order valence-electron chi connectivity index (χ2n) is 5.14. The molecule has 6 nitrogen and oxygen atoms in total. The van der Waals surface area contributed by atoms with E-state index in [9.17, 15) is 9.59 Å².